The number of esters is 1. The molecule has 7 heteroatoms. The first-order valence-electron chi connectivity index (χ1n) is 8.53. The molecule has 0 fully saturated rings. The van der Waals surface area contributed by atoms with Crippen LogP contribution in [0.25, 0.3) is 11.1 Å². The molecule has 0 atom stereocenters. The third kappa shape index (κ3) is 4.20. The summed E-state index contributed by atoms with van der Waals surface area (Å²) in [6, 6.07) is 12.6. The van der Waals surface area contributed by atoms with Crippen LogP contribution in [0.3, 0.4) is 0 Å². The van der Waals surface area contributed by atoms with Crippen LogP contribution in [0.2, 0.25) is 0 Å². The summed E-state index contributed by atoms with van der Waals surface area (Å²) >= 11 is 1.20. The predicted molar refractivity (Wildman–Crippen MR) is 107 cm³/mol. The van der Waals surface area contributed by atoms with E-state index >= 15 is 0 Å². The van der Waals surface area contributed by atoms with E-state index in [0.29, 0.717) is 16.3 Å². The molecule has 1 aromatic heterocycles. The van der Waals surface area contributed by atoms with E-state index in [0.717, 1.165) is 11.6 Å². The average Bonchev–Trinajstić information content (AvgIpc) is 3.11. The molecular weight excluding hydrogens is 381 g/mol. The van der Waals surface area contributed by atoms with Crippen LogP contribution in [0.15, 0.2) is 53.9 Å². The first kappa shape index (κ1) is 19.6. The van der Waals surface area contributed by atoms with Crippen LogP contribution in [0.1, 0.15) is 27.6 Å². The van der Waals surface area contributed by atoms with E-state index < -0.39 is 17.7 Å². The van der Waals surface area contributed by atoms with Crippen molar-refractivity contribution in [2.24, 2.45) is 0 Å². The van der Waals surface area contributed by atoms with Gasteiger partial charge in [-0.15, -0.1) is 11.3 Å². The molecule has 2 aromatic carbocycles. The SMILES string of the molecule is CCOC(=O)c1c(-c2ccc(OC)cc2)csc1NC(=O)c1cccc(F)c1. The summed E-state index contributed by atoms with van der Waals surface area (Å²) in [5, 5.41) is 4.81. The largest absolute Gasteiger partial charge is 0.497 e. The molecule has 0 aliphatic heterocycles. The maximum absolute atomic E-state index is 13.4. The van der Waals surface area contributed by atoms with Gasteiger partial charge in [-0.1, -0.05) is 18.2 Å². The van der Waals surface area contributed by atoms with Crippen molar-refractivity contribution in [1.29, 1.82) is 0 Å². The summed E-state index contributed by atoms with van der Waals surface area (Å²) < 4.78 is 23.7. The number of rotatable bonds is 6. The number of benzene rings is 2. The molecule has 1 amide bonds. The molecule has 0 spiro atoms. The Kier molecular flexibility index (Phi) is 6.06. The lowest BCUT2D eigenvalue weighted by Gasteiger charge is -2.09. The van der Waals surface area contributed by atoms with Crippen molar-refractivity contribution in [3.8, 4) is 16.9 Å². The Morgan fingerprint density at radius 3 is 2.54 bits per heavy atom. The van der Waals surface area contributed by atoms with Gasteiger partial charge in [0.05, 0.1) is 13.7 Å². The Bertz CT molecular complexity index is 998. The first-order chi connectivity index (χ1) is 13.5. The van der Waals surface area contributed by atoms with Gasteiger partial charge >= 0.3 is 5.97 Å². The van der Waals surface area contributed by atoms with Gasteiger partial charge in [0.15, 0.2) is 0 Å². The van der Waals surface area contributed by atoms with Crippen LogP contribution in [-0.4, -0.2) is 25.6 Å². The number of amides is 1. The maximum Gasteiger partial charge on any atom is 0.341 e. The second-order valence-corrected chi connectivity index (χ2v) is 6.65. The van der Waals surface area contributed by atoms with Crippen molar-refractivity contribution in [2.45, 2.75) is 6.92 Å². The fourth-order valence-corrected chi connectivity index (χ4v) is 3.60. The summed E-state index contributed by atoms with van der Waals surface area (Å²) in [6.07, 6.45) is 0. The second-order valence-electron chi connectivity index (χ2n) is 5.77. The van der Waals surface area contributed by atoms with Crippen LogP contribution < -0.4 is 10.1 Å². The molecule has 0 bridgehead atoms. The molecule has 0 unspecified atom stereocenters. The predicted octanol–water partition coefficient (Wildman–Crippen LogP) is 4.99. The Morgan fingerprint density at radius 1 is 1.14 bits per heavy atom. The lowest BCUT2D eigenvalue weighted by Crippen LogP contribution is -2.15. The molecule has 1 N–H and O–H groups in total. The van der Waals surface area contributed by atoms with Gasteiger partial charge in [-0.3, -0.25) is 4.79 Å². The molecule has 0 saturated carbocycles. The lowest BCUT2D eigenvalue weighted by atomic mass is 10.0. The Hall–Kier alpha value is -3.19. The highest BCUT2D eigenvalue weighted by Gasteiger charge is 2.23. The highest BCUT2D eigenvalue weighted by molar-refractivity contribution is 7.15. The zero-order chi connectivity index (χ0) is 20.1. The van der Waals surface area contributed by atoms with E-state index in [1.807, 2.05) is 12.1 Å². The summed E-state index contributed by atoms with van der Waals surface area (Å²) in [5.74, 6) is -0.864. The van der Waals surface area contributed by atoms with Gasteiger partial charge in [-0.2, -0.15) is 0 Å². The molecule has 0 saturated heterocycles. The van der Waals surface area contributed by atoms with Gasteiger partial charge < -0.3 is 14.8 Å². The molecule has 0 aliphatic carbocycles. The van der Waals surface area contributed by atoms with Crippen molar-refractivity contribution >= 4 is 28.2 Å². The summed E-state index contributed by atoms with van der Waals surface area (Å²) in [7, 11) is 1.57. The van der Waals surface area contributed by atoms with E-state index in [1.54, 1.807) is 31.5 Å². The van der Waals surface area contributed by atoms with Gasteiger partial charge in [-0.25, -0.2) is 9.18 Å². The molecule has 0 aliphatic rings. The van der Waals surface area contributed by atoms with Crippen LogP contribution >= 0.6 is 11.3 Å². The van der Waals surface area contributed by atoms with Crippen molar-refractivity contribution in [3.63, 3.8) is 0 Å². The number of carbonyl (C=O) groups is 2. The van der Waals surface area contributed by atoms with Crippen LogP contribution in [0, 0.1) is 5.82 Å². The Balaban J connectivity index is 1.97. The monoisotopic (exact) mass is 399 g/mol. The number of ether oxygens (including phenoxy) is 2. The third-order valence-electron chi connectivity index (χ3n) is 3.99. The van der Waals surface area contributed by atoms with Gasteiger partial charge in [0, 0.05) is 16.5 Å². The molecular formula is C21H18FNO4S. The molecule has 0 radical (unpaired) electrons. The van der Waals surface area contributed by atoms with E-state index in [2.05, 4.69) is 5.32 Å². The number of carbonyl (C=O) groups excluding carboxylic acids is 2. The fourth-order valence-electron chi connectivity index (χ4n) is 2.64. The van der Waals surface area contributed by atoms with Gasteiger partial charge in [0.1, 0.15) is 22.1 Å². The second kappa shape index (κ2) is 8.67. The van der Waals surface area contributed by atoms with E-state index in [-0.39, 0.29) is 17.7 Å². The topological polar surface area (TPSA) is 64.6 Å². The van der Waals surface area contributed by atoms with Crippen molar-refractivity contribution in [2.75, 3.05) is 19.0 Å². The molecule has 28 heavy (non-hydrogen) atoms. The molecule has 3 aromatic rings. The average molecular weight is 399 g/mol. The number of hydrogen-bond donors (Lipinski definition) is 1. The number of nitrogens with one attached hydrogen (secondary N) is 1. The van der Waals surface area contributed by atoms with Crippen molar-refractivity contribution in [3.05, 3.63) is 70.9 Å². The van der Waals surface area contributed by atoms with Crippen LogP contribution in [-0.2, 0) is 4.74 Å². The standard InChI is InChI=1S/C21H18FNO4S/c1-3-27-21(25)18-17(13-7-9-16(26-2)10-8-13)12-28-20(18)23-19(24)14-5-4-6-15(22)11-14/h4-12H,3H2,1-2H3,(H,23,24). The number of thiophene rings is 1. The molecule has 1 heterocycles. The van der Waals surface area contributed by atoms with Gasteiger partial charge in [0.25, 0.3) is 5.91 Å². The highest BCUT2D eigenvalue weighted by atomic mass is 32.1. The normalized spacial score (nSPS) is 10.4. The van der Waals surface area contributed by atoms with Crippen LogP contribution in [0.5, 0.6) is 5.75 Å². The Labute approximate surface area is 165 Å². The zero-order valence-electron chi connectivity index (χ0n) is 15.3. The van der Waals surface area contributed by atoms with E-state index in [1.165, 1.54) is 29.5 Å². The number of methoxy groups -OCH3 is 1. The first-order valence-corrected chi connectivity index (χ1v) is 9.41. The highest BCUT2D eigenvalue weighted by Crippen LogP contribution is 2.37. The summed E-state index contributed by atoms with van der Waals surface area (Å²) in [6.45, 7) is 1.91. The lowest BCUT2D eigenvalue weighted by molar-refractivity contribution is 0.0529. The van der Waals surface area contributed by atoms with E-state index in [9.17, 15) is 14.0 Å². The maximum atomic E-state index is 13.4. The fraction of sp³-hybridized carbons (Fsp3) is 0.143. The van der Waals surface area contributed by atoms with Crippen molar-refractivity contribution < 1.29 is 23.5 Å². The van der Waals surface area contributed by atoms with Crippen molar-refractivity contribution in [1.82, 2.24) is 0 Å². The number of halogens is 1. The Morgan fingerprint density at radius 2 is 1.89 bits per heavy atom. The third-order valence-corrected chi connectivity index (χ3v) is 4.88. The number of anilines is 1. The minimum Gasteiger partial charge on any atom is -0.497 e. The number of hydrogen-bond acceptors (Lipinski definition) is 5. The van der Waals surface area contributed by atoms with Gasteiger partial charge in [-0.05, 0) is 42.8 Å². The van der Waals surface area contributed by atoms with E-state index in [4.69, 9.17) is 9.47 Å². The quantitative estimate of drug-likeness (QED) is 0.593. The molecule has 5 nitrogen and oxygen atoms in total. The van der Waals surface area contributed by atoms with Crippen LogP contribution in [0.4, 0.5) is 9.39 Å². The molecule has 3 rings (SSSR count). The minimum absolute atomic E-state index is 0.161. The smallest absolute Gasteiger partial charge is 0.341 e. The minimum atomic E-state index is -0.538. The zero-order valence-corrected chi connectivity index (χ0v) is 16.1. The summed E-state index contributed by atoms with van der Waals surface area (Å²) in [4.78, 5) is 25.1. The van der Waals surface area contributed by atoms with Gasteiger partial charge in [0.2, 0.25) is 0 Å². The molecule has 144 valence electrons. The summed E-state index contributed by atoms with van der Waals surface area (Å²) in [5.41, 5.74) is 1.85.